The van der Waals surface area contributed by atoms with Crippen molar-refractivity contribution >= 4 is 11.9 Å². The summed E-state index contributed by atoms with van der Waals surface area (Å²) >= 11 is 0. The number of hydrogen-bond acceptors (Lipinski definition) is 3. The fourth-order valence-electron chi connectivity index (χ4n) is 2.38. The number of aliphatic carboxylic acids is 1. The fourth-order valence-corrected chi connectivity index (χ4v) is 2.38. The van der Waals surface area contributed by atoms with E-state index in [0.29, 0.717) is 25.8 Å². The van der Waals surface area contributed by atoms with Crippen LogP contribution in [0.1, 0.15) is 24.0 Å². The lowest BCUT2D eigenvalue weighted by Crippen LogP contribution is -2.50. The summed E-state index contributed by atoms with van der Waals surface area (Å²) in [6.07, 6.45) is 1.37. The zero-order valence-corrected chi connectivity index (χ0v) is 11.6. The number of likely N-dealkylation sites (tertiary alicyclic amines) is 1. The van der Waals surface area contributed by atoms with Crippen LogP contribution in [-0.2, 0) is 16.0 Å². The van der Waals surface area contributed by atoms with E-state index >= 15 is 0 Å². The molecular weight excluding hydrogens is 256 g/mol. The highest BCUT2D eigenvalue weighted by molar-refractivity contribution is 5.83. The number of nitrogens with two attached hydrogens (primary N) is 1. The number of carboxylic acid groups (broad SMARTS) is 1. The molecular formula is C15H20N2O3. The summed E-state index contributed by atoms with van der Waals surface area (Å²) < 4.78 is 0. The van der Waals surface area contributed by atoms with Crippen LogP contribution in [0.4, 0.5) is 0 Å². The van der Waals surface area contributed by atoms with E-state index in [-0.39, 0.29) is 12.5 Å². The van der Waals surface area contributed by atoms with Crippen molar-refractivity contribution in [1.82, 2.24) is 4.90 Å². The average molecular weight is 276 g/mol. The molecule has 0 spiro atoms. The highest BCUT2D eigenvalue weighted by atomic mass is 16.4. The Balaban J connectivity index is 1.87. The van der Waals surface area contributed by atoms with Crippen LogP contribution in [0.25, 0.3) is 0 Å². The molecule has 2 rings (SSSR count). The number of aryl methyl sites for hydroxylation is 2. The van der Waals surface area contributed by atoms with Crippen LogP contribution < -0.4 is 5.73 Å². The first-order valence-corrected chi connectivity index (χ1v) is 6.76. The first-order valence-electron chi connectivity index (χ1n) is 6.76. The Morgan fingerprint density at radius 1 is 1.35 bits per heavy atom. The lowest BCUT2D eigenvalue weighted by molar-refractivity contribution is -0.143. The van der Waals surface area contributed by atoms with E-state index in [4.69, 9.17) is 10.8 Å². The minimum atomic E-state index is -1.28. The summed E-state index contributed by atoms with van der Waals surface area (Å²) in [6.45, 7) is 2.55. The monoisotopic (exact) mass is 276 g/mol. The van der Waals surface area contributed by atoms with Crippen molar-refractivity contribution in [1.29, 1.82) is 0 Å². The van der Waals surface area contributed by atoms with Gasteiger partial charge in [0, 0.05) is 19.5 Å². The molecule has 1 aromatic carbocycles. The number of benzene rings is 1. The minimum Gasteiger partial charge on any atom is -0.480 e. The van der Waals surface area contributed by atoms with Gasteiger partial charge in [-0.3, -0.25) is 9.59 Å². The van der Waals surface area contributed by atoms with E-state index in [2.05, 4.69) is 0 Å². The lowest BCUT2D eigenvalue weighted by Gasteiger charge is -2.20. The second-order valence-electron chi connectivity index (χ2n) is 5.51. The van der Waals surface area contributed by atoms with Crippen molar-refractivity contribution in [2.75, 3.05) is 13.1 Å². The average Bonchev–Trinajstić information content (AvgIpc) is 2.82. The number of carbonyl (C=O) groups excluding carboxylic acids is 1. The third-order valence-corrected chi connectivity index (χ3v) is 3.83. The zero-order chi connectivity index (χ0) is 14.8. The molecule has 1 unspecified atom stereocenters. The van der Waals surface area contributed by atoms with Crippen molar-refractivity contribution in [3.63, 3.8) is 0 Å². The Hall–Kier alpha value is -1.88. The van der Waals surface area contributed by atoms with Crippen molar-refractivity contribution in [2.45, 2.75) is 31.7 Å². The Bertz CT molecular complexity index is 512. The first kappa shape index (κ1) is 14.5. The van der Waals surface area contributed by atoms with Crippen molar-refractivity contribution < 1.29 is 14.7 Å². The zero-order valence-electron chi connectivity index (χ0n) is 11.6. The molecule has 0 aromatic heterocycles. The molecule has 1 saturated heterocycles. The van der Waals surface area contributed by atoms with Crippen LogP contribution in [0.5, 0.6) is 0 Å². The third-order valence-electron chi connectivity index (χ3n) is 3.83. The lowest BCUT2D eigenvalue weighted by atomic mass is 10.0. The van der Waals surface area contributed by atoms with Gasteiger partial charge in [0.1, 0.15) is 5.54 Å². The van der Waals surface area contributed by atoms with E-state index in [1.165, 1.54) is 5.56 Å². The maximum absolute atomic E-state index is 12.1. The second kappa shape index (κ2) is 5.63. The van der Waals surface area contributed by atoms with Crippen molar-refractivity contribution in [3.8, 4) is 0 Å². The standard InChI is InChI=1S/C15H20N2O3/c1-11-2-4-12(5-3-11)6-7-13(18)17-9-8-15(16,10-17)14(19)20/h2-5H,6-10,16H2,1H3,(H,19,20). The van der Waals surface area contributed by atoms with Gasteiger partial charge in [-0.25, -0.2) is 0 Å². The number of carboxylic acids is 1. The number of hydrogen-bond donors (Lipinski definition) is 2. The molecule has 1 fully saturated rings. The van der Waals surface area contributed by atoms with Crippen molar-refractivity contribution in [2.24, 2.45) is 5.73 Å². The molecule has 1 aromatic rings. The van der Waals surface area contributed by atoms with E-state index in [1.54, 1.807) is 4.90 Å². The predicted molar refractivity (Wildman–Crippen MR) is 75.3 cm³/mol. The van der Waals surface area contributed by atoms with E-state index in [1.807, 2.05) is 31.2 Å². The molecule has 5 heteroatoms. The number of rotatable bonds is 4. The van der Waals surface area contributed by atoms with E-state index in [0.717, 1.165) is 5.56 Å². The number of nitrogens with zero attached hydrogens (tertiary/aromatic N) is 1. The Labute approximate surface area is 118 Å². The highest BCUT2D eigenvalue weighted by Gasteiger charge is 2.42. The summed E-state index contributed by atoms with van der Waals surface area (Å²) in [7, 11) is 0. The molecule has 1 aliphatic rings. The quantitative estimate of drug-likeness (QED) is 0.857. The maximum Gasteiger partial charge on any atom is 0.325 e. The second-order valence-corrected chi connectivity index (χ2v) is 5.51. The number of amides is 1. The first-order chi connectivity index (χ1) is 9.40. The van der Waals surface area contributed by atoms with Gasteiger partial charge in [0.15, 0.2) is 0 Å². The normalized spacial score (nSPS) is 22.0. The molecule has 0 bridgehead atoms. The highest BCUT2D eigenvalue weighted by Crippen LogP contribution is 2.20. The van der Waals surface area contributed by atoms with Crippen molar-refractivity contribution in [3.05, 3.63) is 35.4 Å². The maximum atomic E-state index is 12.1. The Kier molecular flexibility index (Phi) is 4.09. The fraction of sp³-hybridized carbons (Fsp3) is 0.467. The molecule has 1 heterocycles. The molecule has 108 valence electrons. The summed E-state index contributed by atoms with van der Waals surface area (Å²) in [5.41, 5.74) is 6.78. The number of carbonyl (C=O) groups is 2. The summed E-state index contributed by atoms with van der Waals surface area (Å²) in [5, 5.41) is 9.04. The van der Waals surface area contributed by atoms with Gasteiger partial charge in [0.2, 0.25) is 5.91 Å². The van der Waals surface area contributed by atoms with Crippen LogP contribution in [0.2, 0.25) is 0 Å². The van der Waals surface area contributed by atoms with Crippen LogP contribution in [0.3, 0.4) is 0 Å². The Morgan fingerprint density at radius 3 is 2.55 bits per heavy atom. The molecule has 1 aliphatic heterocycles. The van der Waals surface area contributed by atoms with Gasteiger partial charge >= 0.3 is 5.97 Å². The van der Waals surface area contributed by atoms with Crippen LogP contribution >= 0.6 is 0 Å². The molecule has 1 amide bonds. The van der Waals surface area contributed by atoms with Gasteiger partial charge in [0.05, 0.1) is 0 Å². The summed E-state index contributed by atoms with van der Waals surface area (Å²) in [5.74, 6) is -1.06. The van der Waals surface area contributed by atoms with Gasteiger partial charge in [0.25, 0.3) is 0 Å². The van der Waals surface area contributed by atoms with Gasteiger partial charge in [-0.15, -0.1) is 0 Å². The molecule has 1 atom stereocenters. The summed E-state index contributed by atoms with van der Waals surface area (Å²) in [4.78, 5) is 24.7. The largest absolute Gasteiger partial charge is 0.480 e. The summed E-state index contributed by atoms with van der Waals surface area (Å²) in [6, 6.07) is 8.06. The Morgan fingerprint density at radius 2 is 2.00 bits per heavy atom. The molecule has 5 nitrogen and oxygen atoms in total. The van der Waals surface area contributed by atoms with Gasteiger partial charge in [-0.1, -0.05) is 29.8 Å². The van der Waals surface area contributed by atoms with Crippen LogP contribution in [-0.4, -0.2) is 40.5 Å². The molecule has 3 N–H and O–H groups in total. The third kappa shape index (κ3) is 3.17. The van der Waals surface area contributed by atoms with Gasteiger partial charge in [-0.05, 0) is 25.3 Å². The van der Waals surface area contributed by atoms with Crippen LogP contribution in [0, 0.1) is 6.92 Å². The predicted octanol–water partition coefficient (Wildman–Crippen LogP) is 0.942. The van der Waals surface area contributed by atoms with Crippen LogP contribution in [0.15, 0.2) is 24.3 Å². The van der Waals surface area contributed by atoms with E-state index < -0.39 is 11.5 Å². The SMILES string of the molecule is Cc1ccc(CCC(=O)N2CCC(N)(C(=O)O)C2)cc1. The molecule has 20 heavy (non-hydrogen) atoms. The molecule has 0 saturated carbocycles. The smallest absolute Gasteiger partial charge is 0.325 e. The van der Waals surface area contributed by atoms with Gasteiger partial charge in [-0.2, -0.15) is 0 Å². The molecule has 0 radical (unpaired) electrons. The minimum absolute atomic E-state index is 0.0286. The van der Waals surface area contributed by atoms with E-state index in [9.17, 15) is 9.59 Å². The molecule has 0 aliphatic carbocycles. The van der Waals surface area contributed by atoms with Gasteiger partial charge < -0.3 is 15.7 Å². The topological polar surface area (TPSA) is 83.6 Å².